The Balaban J connectivity index is 2.73. The molecule has 8 heteroatoms. The number of rotatable bonds is 5. The van der Waals surface area contributed by atoms with Gasteiger partial charge in [-0.2, -0.15) is 4.99 Å². The first-order valence-electron chi connectivity index (χ1n) is 7.94. The predicted octanol–water partition coefficient (Wildman–Crippen LogP) is 1.83. The molecule has 0 atom stereocenters. The minimum Gasteiger partial charge on any atom is -0.370 e. The van der Waals surface area contributed by atoms with Crippen molar-refractivity contribution in [1.82, 2.24) is 0 Å². The average molecular weight is 374 g/mol. The molecule has 0 saturated heterocycles. The fourth-order valence-corrected chi connectivity index (χ4v) is 3.54. The number of para-hydroxylation sites is 1. The van der Waals surface area contributed by atoms with Crippen LogP contribution in [0.15, 0.2) is 52.4 Å². The van der Waals surface area contributed by atoms with Crippen molar-refractivity contribution >= 4 is 33.1 Å². The Bertz CT molecular complexity index is 950. The highest BCUT2D eigenvalue weighted by Gasteiger charge is 2.22. The van der Waals surface area contributed by atoms with Gasteiger partial charge in [-0.25, -0.2) is 8.42 Å². The largest absolute Gasteiger partial charge is 0.370 e. The predicted molar refractivity (Wildman–Crippen MR) is 104 cm³/mol. The van der Waals surface area contributed by atoms with Crippen molar-refractivity contribution in [2.45, 2.75) is 18.2 Å². The van der Waals surface area contributed by atoms with Gasteiger partial charge in [0.2, 0.25) is 0 Å². The molecule has 0 radical (unpaired) electrons. The Labute approximate surface area is 153 Å². The van der Waals surface area contributed by atoms with Crippen LogP contribution in [0.2, 0.25) is 0 Å². The fourth-order valence-electron chi connectivity index (χ4n) is 2.63. The van der Waals surface area contributed by atoms with Crippen molar-refractivity contribution < 1.29 is 13.2 Å². The number of carbonyl (C=O) groups excluding carboxylic acids is 1. The van der Waals surface area contributed by atoms with Crippen LogP contribution < -0.4 is 16.4 Å². The SMILES string of the molecule is CCc1cc(N(C)c2ccccc2)c(S(C)(=O)=O)cc1C(=O)N=C(N)N. The van der Waals surface area contributed by atoms with E-state index in [1.54, 1.807) is 18.0 Å². The Morgan fingerprint density at radius 1 is 1.15 bits per heavy atom. The van der Waals surface area contributed by atoms with E-state index < -0.39 is 15.7 Å². The van der Waals surface area contributed by atoms with E-state index in [4.69, 9.17) is 11.5 Å². The average Bonchev–Trinajstić information content (AvgIpc) is 2.59. The standard InChI is InChI=1S/C18H22N4O3S/c1-4-12-10-15(22(2)13-8-6-5-7-9-13)16(26(3,24)25)11-14(12)17(23)21-18(19)20/h5-11H,4H2,1-3H3,(H4,19,20,21,23). The summed E-state index contributed by atoms with van der Waals surface area (Å²) in [5.41, 5.74) is 12.7. The molecule has 0 aliphatic heterocycles. The maximum atomic E-state index is 12.4. The summed E-state index contributed by atoms with van der Waals surface area (Å²) in [5.74, 6) is -1.04. The lowest BCUT2D eigenvalue weighted by molar-refractivity contribution is 0.100. The number of benzene rings is 2. The number of nitrogens with two attached hydrogens (primary N) is 2. The molecule has 2 rings (SSSR count). The maximum absolute atomic E-state index is 12.4. The molecule has 0 bridgehead atoms. The van der Waals surface area contributed by atoms with Crippen molar-refractivity contribution in [2.75, 3.05) is 18.2 Å². The quantitative estimate of drug-likeness (QED) is 0.609. The Kier molecular flexibility index (Phi) is 5.66. The number of hydrogen-bond acceptors (Lipinski definition) is 4. The first-order chi connectivity index (χ1) is 12.1. The number of carbonyl (C=O) groups is 1. The van der Waals surface area contributed by atoms with Gasteiger partial charge in [-0.3, -0.25) is 4.79 Å². The number of hydrogen-bond donors (Lipinski definition) is 2. The Morgan fingerprint density at radius 2 is 1.77 bits per heavy atom. The second-order valence-electron chi connectivity index (χ2n) is 5.84. The normalized spacial score (nSPS) is 11.0. The highest BCUT2D eigenvalue weighted by atomic mass is 32.2. The van der Waals surface area contributed by atoms with Gasteiger partial charge in [-0.05, 0) is 36.2 Å². The number of nitrogens with zero attached hydrogens (tertiary/aromatic N) is 2. The number of aryl methyl sites for hydroxylation is 1. The van der Waals surface area contributed by atoms with Crippen LogP contribution in [0.4, 0.5) is 11.4 Å². The Hall–Kier alpha value is -2.87. The molecule has 0 saturated carbocycles. The van der Waals surface area contributed by atoms with Crippen LogP contribution in [0.25, 0.3) is 0 Å². The van der Waals surface area contributed by atoms with Gasteiger partial charge >= 0.3 is 0 Å². The van der Waals surface area contributed by atoms with Gasteiger partial charge in [0.25, 0.3) is 5.91 Å². The molecule has 2 aromatic carbocycles. The lowest BCUT2D eigenvalue weighted by Gasteiger charge is -2.23. The lowest BCUT2D eigenvalue weighted by Crippen LogP contribution is -2.24. The van der Waals surface area contributed by atoms with Gasteiger partial charge in [0, 0.05) is 24.6 Å². The van der Waals surface area contributed by atoms with Gasteiger partial charge in [0.05, 0.1) is 10.6 Å². The molecule has 26 heavy (non-hydrogen) atoms. The van der Waals surface area contributed by atoms with E-state index in [-0.39, 0.29) is 16.4 Å². The zero-order chi connectivity index (χ0) is 19.5. The summed E-state index contributed by atoms with van der Waals surface area (Å²) in [7, 11) is -1.83. The summed E-state index contributed by atoms with van der Waals surface area (Å²) in [6.07, 6.45) is 1.62. The van der Waals surface area contributed by atoms with E-state index >= 15 is 0 Å². The Morgan fingerprint density at radius 3 is 2.27 bits per heavy atom. The maximum Gasteiger partial charge on any atom is 0.280 e. The minimum absolute atomic E-state index is 0.0372. The third-order valence-corrected chi connectivity index (χ3v) is 5.06. The second kappa shape index (κ2) is 7.57. The molecular weight excluding hydrogens is 352 g/mol. The van der Waals surface area contributed by atoms with Crippen molar-refractivity contribution in [1.29, 1.82) is 0 Å². The van der Waals surface area contributed by atoms with Crippen LogP contribution in [0.1, 0.15) is 22.8 Å². The molecule has 0 heterocycles. The molecule has 0 aliphatic carbocycles. The van der Waals surface area contributed by atoms with E-state index in [1.165, 1.54) is 6.07 Å². The van der Waals surface area contributed by atoms with E-state index in [0.29, 0.717) is 17.7 Å². The summed E-state index contributed by atoms with van der Waals surface area (Å²) < 4.78 is 24.7. The summed E-state index contributed by atoms with van der Waals surface area (Å²) in [6, 6.07) is 12.4. The van der Waals surface area contributed by atoms with Crippen LogP contribution in [0, 0.1) is 0 Å². The van der Waals surface area contributed by atoms with Gasteiger partial charge in [-0.1, -0.05) is 25.1 Å². The number of sulfone groups is 1. The molecule has 4 N–H and O–H groups in total. The summed E-state index contributed by atoms with van der Waals surface area (Å²) in [5, 5.41) is 0. The van der Waals surface area contributed by atoms with E-state index in [2.05, 4.69) is 4.99 Å². The monoisotopic (exact) mass is 374 g/mol. The number of anilines is 2. The molecule has 0 spiro atoms. The topological polar surface area (TPSA) is 119 Å². The minimum atomic E-state index is -3.60. The first-order valence-corrected chi connectivity index (χ1v) is 9.84. The van der Waals surface area contributed by atoms with Crippen molar-refractivity contribution in [2.24, 2.45) is 16.5 Å². The third-order valence-electron chi connectivity index (χ3n) is 3.93. The van der Waals surface area contributed by atoms with Crippen molar-refractivity contribution in [3.05, 3.63) is 53.6 Å². The number of amides is 1. The smallest absolute Gasteiger partial charge is 0.280 e. The van der Waals surface area contributed by atoms with Crippen LogP contribution in [0.3, 0.4) is 0 Å². The van der Waals surface area contributed by atoms with Crippen molar-refractivity contribution in [3.8, 4) is 0 Å². The fraction of sp³-hybridized carbons (Fsp3) is 0.222. The molecule has 1 amide bonds. The summed E-state index contributed by atoms with van der Waals surface area (Å²) in [6.45, 7) is 1.87. The molecule has 0 aromatic heterocycles. The van der Waals surface area contributed by atoms with Gasteiger partial charge in [0.1, 0.15) is 0 Å². The molecular formula is C18H22N4O3S. The highest BCUT2D eigenvalue weighted by molar-refractivity contribution is 7.90. The number of aliphatic imine (C=N–C) groups is 1. The van der Waals surface area contributed by atoms with Crippen LogP contribution in [0.5, 0.6) is 0 Å². The van der Waals surface area contributed by atoms with Crippen LogP contribution in [-0.2, 0) is 16.3 Å². The van der Waals surface area contributed by atoms with Crippen LogP contribution >= 0.6 is 0 Å². The zero-order valence-electron chi connectivity index (χ0n) is 14.9. The molecule has 138 valence electrons. The van der Waals surface area contributed by atoms with Gasteiger partial charge in [0.15, 0.2) is 15.8 Å². The van der Waals surface area contributed by atoms with Crippen LogP contribution in [-0.4, -0.2) is 33.6 Å². The summed E-state index contributed by atoms with van der Waals surface area (Å²) >= 11 is 0. The zero-order valence-corrected chi connectivity index (χ0v) is 15.7. The van der Waals surface area contributed by atoms with E-state index in [9.17, 15) is 13.2 Å². The lowest BCUT2D eigenvalue weighted by atomic mass is 10.0. The highest BCUT2D eigenvalue weighted by Crippen LogP contribution is 2.33. The molecule has 2 aromatic rings. The molecule has 0 aliphatic rings. The molecule has 0 fully saturated rings. The number of guanidine groups is 1. The van der Waals surface area contributed by atoms with Gasteiger partial charge in [-0.15, -0.1) is 0 Å². The van der Waals surface area contributed by atoms with E-state index in [0.717, 1.165) is 11.9 Å². The third kappa shape index (κ3) is 4.20. The second-order valence-corrected chi connectivity index (χ2v) is 7.82. The van der Waals surface area contributed by atoms with Gasteiger partial charge < -0.3 is 16.4 Å². The van der Waals surface area contributed by atoms with E-state index in [1.807, 2.05) is 37.3 Å². The first kappa shape index (κ1) is 19.5. The molecule has 7 nitrogen and oxygen atoms in total. The molecule has 0 unspecified atom stereocenters. The van der Waals surface area contributed by atoms with Crippen molar-refractivity contribution in [3.63, 3.8) is 0 Å². The summed E-state index contributed by atoms with van der Waals surface area (Å²) in [4.78, 5) is 17.7.